The molecule has 1 aromatic carbocycles. The maximum Gasteiger partial charge on any atom is 0.203 e. The standard InChI is InChI=1S/C11H6IN3S/c12-11-14-10(16-15-11)9-8-4-2-1-3-7(8)5-6-13-9/h1-6H. The van der Waals surface area contributed by atoms with E-state index in [0.717, 1.165) is 19.9 Å². The number of fused-ring (bicyclic) bond motifs is 1. The first kappa shape index (κ1) is 10.1. The lowest BCUT2D eigenvalue weighted by Crippen LogP contribution is -1.85. The van der Waals surface area contributed by atoms with Gasteiger partial charge >= 0.3 is 0 Å². The number of hydrogen-bond donors (Lipinski definition) is 0. The Hall–Kier alpha value is -1.08. The van der Waals surface area contributed by atoms with Gasteiger partial charge in [-0.1, -0.05) is 24.3 Å². The normalized spacial score (nSPS) is 10.8. The van der Waals surface area contributed by atoms with Gasteiger partial charge in [-0.2, -0.15) is 4.37 Å². The molecule has 0 N–H and O–H groups in total. The van der Waals surface area contributed by atoms with Crippen LogP contribution in [-0.2, 0) is 0 Å². The molecule has 16 heavy (non-hydrogen) atoms. The largest absolute Gasteiger partial charge is 0.253 e. The third-order valence-corrected chi connectivity index (χ3v) is 3.81. The predicted octanol–water partition coefficient (Wildman–Crippen LogP) is 3.36. The van der Waals surface area contributed by atoms with Crippen molar-refractivity contribution in [3.8, 4) is 10.7 Å². The Morgan fingerprint density at radius 3 is 2.81 bits per heavy atom. The van der Waals surface area contributed by atoms with Gasteiger partial charge in [0.2, 0.25) is 3.83 Å². The van der Waals surface area contributed by atoms with E-state index in [0.29, 0.717) is 0 Å². The quantitative estimate of drug-likeness (QED) is 0.638. The molecule has 2 heterocycles. The Labute approximate surface area is 110 Å². The number of halogens is 1. The number of rotatable bonds is 1. The van der Waals surface area contributed by atoms with Crippen LogP contribution in [-0.4, -0.2) is 14.3 Å². The van der Waals surface area contributed by atoms with Crippen LogP contribution in [0.3, 0.4) is 0 Å². The van der Waals surface area contributed by atoms with Crippen LogP contribution in [0.2, 0.25) is 0 Å². The van der Waals surface area contributed by atoms with Gasteiger partial charge in [-0.3, -0.25) is 4.98 Å². The lowest BCUT2D eigenvalue weighted by molar-refractivity contribution is 1.23. The molecule has 78 valence electrons. The average Bonchev–Trinajstić information content (AvgIpc) is 2.75. The Morgan fingerprint density at radius 2 is 2.00 bits per heavy atom. The van der Waals surface area contributed by atoms with Gasteiger partial charge in [0, 0.05) is 34.2 Å². The molecule has 0 fully saturated rings. The molecule has 0 spiro atoms. The number of nitrogens with zero attached hydrogens (tertiary/aromatic N) is 3. The van der Waals surface area contributed by atoms with Crippen molar-refractivity contribution in [1.29, 1.82) is 0 Å². The molecule has 0 aliphatic rings. The lowest BCUT2D eigenvalue weighted by Gasteiger charge is -2.00. The number of aromatic nitrogens is 3. The molecule has 0 radical (unpaired) electrons. The molecule has 0 aliphatic heterocycles. The minimum atomic E-state index is 0.771. The van der Waals surface area contributed by atoms with Crippen LogP contribution >= 0.6 is 34.1 Å². The van der Waals surface area contributed by atoms with Gasteiger partial charge in [0.25, 0.3) is 0 Å². The van der Waals surface area contributed by atoms with E-state index in [-0.39, 0.29) is 0 Å². The van der Waals surface area contributed by atoms with Crippen molar-refractivity contribution in [2.75, 3.05) is 0 Å². The second kappa shape index (κ2) is 4.06. The van der Waals surface area contributed by atoms with Crippen LogP contribution in [0.25, 0.3) is 21.5 Å². The zero-order valence-corrected chi connectivity index (χ0v) is 11.1. The fourth-order valence-corrected chi connectivity index (χ4v) is 2.87. The summed E-state index contributed by atoms with van der Waals surface area (Å²) in [4.78, 5) is 8.76. The third kappa shape index (κ3) is 1.69. The molecule has 3 nitrogen and oxygen atoms in total. The van der Waals surface area contributed by atoms with Crippen LogP contribution in [0.4, 0.5) is 0 Å². The SMILES string of the molecule is Ic1nsc(-c2nccc3ccccc23)n1. The van der Waals surface area contributed by atoms with Gasteiger partial charge in [-0.25, -0.2) is 4.98 Å². The highest BCUT2D eigenvalue weighted by Gasteiger charge is 2.09. The predicted molar refractivity (Wildman–Crippen MR) is 73.4 cm³/mol. The molecule has 3 aromatic rings. The van der Waals surface area contributed by atoms with E-state index in [4.69, 9.17) is 0 Å². The Morgan fingerprint density at radius 1 is 1.12 bits per heavy atom. The van der Waals surface area contributed by atoms with Crippen molar-refractivity contribution in [2.45, 2.75) is 0 Å². The molecular formula is C11H6IN3S. The van der Waals surface area contributed by atoms with E-state index in [1.165, 1.54) is 16.9 Å². The molecular weight excluding hydrogens is 333 g/mol. The number of pyridine rings is 1. The van der Waals surface area contributed by atoms with Gasteiger partial charge in [0.05, 0.1) is 0 Å². The van der Waals surface area contributed by atoms with Crippen LogP contribution in [0, 0.1) is 3.83 Å². The van der Waals surface area contributed by atoms with Crippen molar-refractivity contribution in [3.63, 3.8) is 0 Å². The maximum absolute atomic E-state index is 4.40. The second-order valence-corrected chi connectivity index (χ2v) is 4.97. The van der Waals surface area contributed by atoms with E-state index in [1.54, 1.807) is 0 Å². The molecule has 0 saturated carbocycles. The van der Waals surface area contributed by atoms with Crippen molar-refractivity contribution in [3.05, 3.63) is 40.4 Å². The van der Waals surface area contributed by atoms with E-state index in [2.05, 4.69) is 49.1 Å². The third-order valence-electron chi connectivity index (χ3n) is 2.28. The Kier molecular flexibility index (Phi) is 2.56. The topological polar surface area (TPSA) is 38.7 Å². The molecule has 0 bridgehead atoms. The van der Waals surface area contributed by atoms with Gasteiger partial charge < -0.3 is 0 Å². The van der Waals surface area contributed by atoms with E-state index >= 15 is 0 Å². The minimum absolute atomic E-state index is 0.771. The number of benzene rings is 1. The zero-order chi connectivity index (χ0) is 11.0. The van der Waals surface area contributed by atoms with Gasteiger partial charge in [0.1, 0.15) is 5.69 Å². The fraction of sp³-hybridized carbons (Fsp3) is 0. The number of hydrogen-bond acceptors (Lipinski definition) is 4. The summed E-state index contributed by atoms with van der Waals surface area (Å²) in [7, 11) is 0. The smallest absolute Gasteiger partial charge is 0.203 e. The van der Waals surface area contributed by atoms with Gasteiger partial charge in [0.15, 0.2) is 5.01 Å². The van der Waals surface area contributed by atoms with Crippen LogP contribution < -0.4 is 0 Å². The molecule has 5 heteroatoms. The van der Waals surface area contributed by atoms with Gasteiger partial charge in [-0.15, -0.1) is 0 Å². The summed E-state index contributed by atoms with van der Waals surface area (Å²) < 4.78 is 4.95. The first-order valence-electron chi connectivity index (χ1n) is 4.68. The first-order chi connectivity index (χ1) is 7.84. The molecule has 0 atom stereocenters. The summed E-state index contributed by atoms with van der Waals surface area (Å²) in [6.07, 6.45) is 1.81. The molecule has 0 amide bonds. The Bertz CT molecular complexity index is 645. The fourth-order valence-electron chi connectivity index (χ4n) is 1.59. The molecule has 2 aromatic heterocycles. The average molecular weight is 339 g/mol. The summed E-state index contributed by atoms with van der Waals surface area (Å²) in [6.45, 7) is 0. The summed E-state index contributed by atoms with van der Waals surface area (Å²) in [5, 5.41) is 3.18. The van der Waals surface area contributed by atoms with Crippen molar-refractivity contribution < 1.29 is 0 Å². The summed E-state index contributed by atoms with van der Waals surface area (Å²) in [5.41, 5.74) is 0.915. The molecule has 0 unspecified atom stereocenters. The molecule has 0 aliphatic carbocycles. The first-order valence-corrected chi connectivity index (χ1v) is 6.53. The van der Waals surface area contributed by atoms with Gasteiger partial charge in [-0.05, 0) is 23.0 Å². The van der Waals surface area contributed by atoms with E-state index < -0.39 is 0 Å². The highest BCUT2D eigenvalue weighted by Crippen LogP contribution is 2.27. The second-order valence-electron chi connectivity index (χ2n) is 3.25. The monoisotopic (exact) mass is 339 g/mol. The van der Waals surface area contributed by atoms with Crippen LogP contribution in [0.1, 0.15) is 0 Å². The van der Waals surface area contributed by atoms with Crippen molar-refractivity contribution in [1.82, 2.24) is 14.3 Å². The van der Waals surface area contributed by atoms with E-state index in [1.807, 2.05) is 24.4 Å². The summed E-state index contributed by atoms with van der Waals surface area (Å²) >= 11 is 3.50. The highest BCUT2D eigenvalue weighted by atomic mass is 127. The van der Waals surface area contributed by atoms with E-state index in [9.17, 15) is 0 Å². The van der Waals surface area contributed by atoms with Crippen molar-refractivity contribution in [2.24, 2.45) is 0 Å². The lowest BCUT2D eigenvalue weighted by atomic mass is 10.1. The molecule has 3 rings (SSSR count). The molecule has 0 saturated heterocycles. The van der Waals surface area contributed by atoms with Crippen LogP contribution in [0.5, 0.6) is 0 Å². The van der Waals surface area contributed by atoms with Crippen LogP contribution in [0.15, 0.2) is 36.5 Å². The minimum Gasteiger partial charge on any atom is -0.253 e. The maximum atomic E-state index is 4.40. The Balaban J connectivity index is 2.31. The highest BCUT2D eigenvalue weighted by molar-refractivity contribution is 14.1. The van der Waals surface area contributed by atoms with Crippen molar-refractivity contribution >= 4 is 44.9 Å². The zero-order valence-electron chi connectivity index (χ0n) is 8.09. The summed E-state index contributed by atoms with van der Waals surface area (Å²) in [6, 6.07) is 10.2. The summed E-state index contributed by atoms with van der Waals surface area (Å²) in [5.74, 6) is 0.